The first-order chi connectivity index (χ1) is 14.6. The lowest BCUT2D eigenvalue weighted by Crippen LogP contribution is -2.42. The standard InChI is InChI=1S/C24H40N4O2/c1-19-7-8-22(23(13-19)30-18-21-9-12-29-17-21)15-27-24(25-3)26-14-20(2)16-28-10-5-4-6-11-28/h7-8,13,20-21H,4-6,9-12,14-18H2,1-3H3,(H2,25,26,27). The number of benzene rings is 1. The van der Waals surface area contributed by atoms with Crippen molar-refractivity contribution in [3.8, 4) is 5.75 Å². The average Bonchev–Trinajstić information content (AvgIpc) is 3.28. The molecule has 0 radical (unpaired) electrons. The van der Waals surface area contributed by atoms with Gasteiger partial charge in [-0.15, -0.1) is 0 Å². The number of piperidine rings is 1. The molecule has 0 spiro atoms. The van der Waals surface area contributed by atoms with Crippen LogP contribution >= 0.6 is 0 Å². The summed E-state index contributed by atoms with van der Waals surface area (Å²) < 4.78 is 11.6. The second-order valence-corrected chi connectivity index (χ2v) is 8.92. The summed E-state index contributed by atoms with van der Waals surface area (Å²) in [6, 6.07) is 6.41. The maximum Gasteiger partial charge on any atom is 0.191 e. The third-order valence-electron chi connectivity index (χ3n) is 6.03. The van der Waals surface area contributed by atoms with Gasteiger partial charge in [0.05, 0.1) is 13.2 Å². The highest BCUT2D eigenvalue weighted by atomic mass is 16.5. The maximum atomic E-state index is 6.16. The number of nitrogens with one attached hydrogen (secondary N) is 2. The van der Waals surface area contributed by atoms with Crippen molar-refractivity contribution in [3.05, 3.63) is 29.3 Å². The number of ether oxygens (including phenoxy) is 2. The fraction of sp³-hybridized carbons (Fsp3) is 0.708. The lowest BCUT2D eigenvalue weighted by Gasteiger charge is -2.29. The van der Waals surface area contributed by atoms with Crippen molar-refractivity contribution in [3.63, 3.8) is 0 Å². The van der Waals surface area contributed by atoms with Gasteiger partial charge >= 0.3 is 0 Å². The third kappa shape index (κ3) is 7.47. The lowest BCUT2D eigenvalue weighted by molar-refractivity contribution is 0.166. The van der Waals surface area contributed by atoms with E-state index in [2.05, 4.69) is 52.6 Å². The first kappa shape index (κ1) is 22.9. The fourth-order valence-electron chi connectivity index (χ4n) is 4.18. The van der Waals surface area contributed by atoms with Crippen LogP contribution < -0.4 is 15.4 Å². The van der Waals surface area contributed by atoms with E-state index in [1.54, 1.807) is 0 Å². The minimum Gasteiger partial charge on any atom is -0.493 e. The minimum absolute atomic E-state index is 0.502. The van der Waals surface area contributed by atoms with Crippen molar-refractivity contribution >= 4 is 5.96 Å². The highest BCUT2D eigenvalue weighted by molar-refractivity contribution is 5.79. The molecule has 30 heavy (non-hydrogen) atoms. The quantitative estimate of drug-likeness (QED) is 0.478. The average molecular weight is 417 g/mol. The predicted molar refractivity (Wildman–Crippen MR) is 123 cm³/mol. The number of aryl methyl sites for hydroxylation is 1. The van der Waals surface area contributed by atoms with E-state index in [-0.39, 0.29) is 0 Å². The number of aliphatic imine (C=N–C) groups is 1. The number of guanidine groups is 1. The monoisotopic (exact) mass is 416 g/mol. The van der Waals surface area contributed by atoms with Crippen molar-refractivity contribution in [2.24, 2.45) is 16.8 Å². The van der Waals surface area contributed by atoms with E-state index < -0.39 is 0 Å². The summed E-state index contributed by atoms with van der Waals surface area (Å²) in [7, 11) is 1.83. The summed E-state index contributed by atoms with van der Waals surface area (Å²) in [5, 5.41) is 6.94. The van der Waals surface area contributed by atoms with Crippen LogP contribution in [-0.2, 0) is 11.3 Å². The van der Waals surface area contributed by atoms with Gasteiger partial charge in [0.25, 0.3) is 0 Å². The maximum absolute atomic E-state index is 6.16. The van der Waals surface area contributed by atoms with Gasteiger partial charge in [-0.3, -0.25) is 4.99 Å². The molecule has 1 aromatic carbocycles. The summed E-state index contributed by atoms with van der Waals surface area (Å²) in [5.41, 5.74) is 2.37. The van der Waals surface area contributed by atoms with E-state index in [4.69, 9.17) is 9.47 Å². The number of rotatable bonds is 9. The van der Waals surface area contributed by atoms with Gasteiger partial charge in [-0.05, 0) is 56.8 Å². The Kier molecular flexibility index (Phi) is 9.27. The Morgan fingerprint density at radius 2 is 2.10 bits per heavy atom. The van der Waals surface area contributed by atoms with E-state index in [0.717, 1.165) is 56.6 Å². The van der Waals surface area contributed by atoms with Gasteiger partial charge in [-0.1, -0.05) is 25.5 Å². The summed E-state index contributed by atoms with van der Waals surface area (Å²) >= 11 is 0. The van der Waals surface area contributed by atoms with Crippen molar-refractivity contribution < 1.29 is 9.47 Å². The molecule has 2 N–H and O–H groups in total. The van der Waals surface area contributed by atoms with Gasteiger partial charge in [0.15, 0.2) is 5.96 Å². The van der Waals surface area contributed by atoms with Crippen LogP contribution in [0, 0.1) is 18.8 Å². The zero-order chi connectivity index (χ0) is 21.2. The molecule has 0 amide bonds. The Hall–Kier alpha value is -1.79. The fourth-order valence-corrected chi connectivity index (χ4v) is 4.18. The Balaban J connectivity index is 1.45. The molecule has 6 nitrogen and oxygen atoms in total. The SMILES string of the molecule is CN=C(NCc1ccc(C)cc1OCC1CCOC1)NCC(C)CN1CCCCC1. The van der Waals surface area contributed by atoms with Crippen molar-refractivity contribution in [2.75, 3.05) is 53.0 Å². The van der Waals surface area contributed by atoms with Gasteiger partial charge in [0.1, 0.15) is 5.75 Å². The molecule has 168 valence electrons. The van der Waals surface area contributed by atoms with Crippen molar-refractivity contribution in [1.29, 1.82) is 0 Å². The van der Waals surface area contributed by atoms with E-state index in [1.165, 1.54) is 37.9 Å². The summed E-state index contributed by atoms with van der Waals surface area (Å²) in [4.78, 5) is 7.00. The smallest absolute Gasteiger partial charge is 0.191 e. The second-order valence-electron chi connectivity index (χ2n) is 8.92. The molecule has 2 aliphatic rings. The zero-order valence-corrected chi connectivity index (χ0v) is 19.1. The van der Waals surface area contributed by atoms with Crippen LogP contribution in [0.15, 0.2) is 23.2 Å². The van der Waals surface area contributed by atoms with Crippen molar-refractivity contribution in [1.82, 2.24) is 15.5 Å². The molecule has 2 atom stereocenters. The van der Waals surface area contributed by atoms with Crippen LogP contribution in [0.3, 0.4) is 0 Å². The van der Waals surface area contributed by atoms with Crippen LogP contribution in [0.4, 0.5) is 0 Å². The van der Waals surface area contributed by atoms with Gasteiger partial charge in [-0.25, -0.2) is 0 Å². The highest BCUT2D eigenvalue weighted by Gasteiger charge is 2.17. The van der Waals surface area contributed by atoms with Crippen LogP contribution in [0.2, 0.25) is 0 Å². The van der Waals surface area contributed by atoms with Crippen LogP contribution in [-0.4, -0.2) is 63.9 Å². The lowest BCUT2D eigenvalue weighted by atomic mass is 10.1. The third-order valence-corrected chi connectivity index (χ3v) is 6.03. The molecular formula is C24H40N4O2. The van der Waals surface area contributed by atoms with Crippen LogP contribution in [0.5, 0.6) is 5.75 Å². The van der Waals surface area contributed by atoms with Gasteiger partial charge in [-0.2, -0.15) is 0 Å². The molecule has 2 saturated heterocycles. The molecule has 2 aliphatic heterocycles. The summed E-state index contributed by atoms with van der Waals surface area (Å²) in [5.74, 6) is 2.90. The number of likely N-dealkylation sites (tertiary alicyclic amines) is 1. The Morgan fingerprint density at radius 3 is 2.83 bits per heavy atom. The Morgan fingerprint density at radius 1 is 1.27 bits per heavy atom. The van der Waals surface area contributed by atoms with E-state index in [9.17, 15) is 0 Å². The number of hydrogen-bond donors (Lipinski definition) is 2. The van der Waals surface area contributed by atoms with E-state index in [0.29, 0.717) is 18.4 Å². The van der Waals surface area contributed by atoms with Crippen LogP contribution in [0.1, 0.15) is 43.7 Å². The Bertz CT molecular complexity index is 667. The zero-order valence-electron chi connectivity index (χ0n) is 19.1. The second kappa shape index (κ2) is 12.2. The summed E-state index contributed by atoms with van der Waals surface area (Å²) in [6.45, 7) is 12.1. The van der Waals surface area contributed by atoms with Crippen LogP contribution in [0.25, 0.3) is 0 Å². The summed E-state index contributed by atoms with van der Waals surface area (Å²) in [6.07, 6.45) is 5.17. The molecule has 0 saturated carbocycles. The molecule has 0 aromatic heterocycles. The largest absolute Gasteiger partial charge is 0.493 e. The van der Waals surface area contributed by atoms with Gasteiger partial charge in [0, 0.05) is 44.8 Å². The topological polar surface area (TPSA) is 58.1 Å². The molecule has 1 aromatic rings. The minimum atomic E-state index is 0.502. The molecular weight excluding hydrogens is 376 g/mol. The molecule has 3 rings (SSSR count). The molecule has 2 fully saturated rings. The number of hydrogen-bond acceptors (Lipinski definition) is 4. The number of nitrogens with zero attached hydrogens (tertiary/aromatic N) is 2. The predicted octanol–water partition coefficient (Wildman–Crippen LogP) is 3.20. The van der Waals surface area contributed by atoms with Gasteiger partial charge in [0.2, 0.25) is 0 Å². The Labute approximate surface area is 182 Å². The normalized spacial score (nSPS) is 21.4. The molecule has 0 bridgehead atoms. The highest BCUT2D eigenvalue weighted by Crippen LogP contribution is 2.22. The molecule has 6 heteroatoms. The molecule has 2 unspecified atom stereocenters. The molecule has 2 heterocycles. The molecule has 0 aliphatic carbocycles. The van der Waals surface area contributed by atoms with E-state index >= 15 is 0 Å². The van der Waals surface area contributed by atoms with E-state index in [1.807, 2.05) is 7.05 Å². The first-order valence-corrected chi connectivity index (χ1v) is 11.6. The van der Waals surface area contributed by atoms with Crippen molar-refractivity contribution in [2.45, 2.75) is 46.1 Å². The van der Waals surface area contributed by atoms with Gasteiger partial charge < -0.3 is 25.0 Å². The first-order valence-electron chi connectivity index (χ1n) is 11.6.